The van der Waals surface area contributed by atoms with Gasteiger partial charge in [0, 0.05) is 0 Å². The molecule has 1 saturated carbocycles. The van der Waals surface area contributed by atoms with Crippen LogP contribution in [0.25, 0.3) is 11.5 Å². The molecule has 2 N–H and O–H groups in total. The molecule has 1 aromatic carbocycles. The normalized spacial score (nSPS) is 16.5. The van der Waals surface area contributed by atoms with E-state index in [2.05, 4.69) is 10.1 Å². The summed E-state index contributed by atoms with van der Waals surface area (Å²) >= 11 is 0. The van der Waals surface area contributed by atoms with Crippen molar-refractivity contribution in [1.29, 1.82) is 0 Å². The molecule has 21 heavy (non-hydrogen) atoms. The summed E-state index contributed by atoms with van der Waals surface area (Å²) in [6.45, 7) is 2.54. The Labute approximate surface area is 130 Å². The van der Waals surface area contributed by atoms with Crippen molar-refractivity contribution in [3.63, 3.8) is 0 Å². The van der Waals surface area contributed by atoms with Crippen LogP contribution >= 0.6 is 12.4 Å². The highest BCUT2D eigenvalue weighted by atomic mass is 35.5. The number of aromatic nitrogens is 2. The minimum atomic E-state index is -0.428. The average Bonchev–Trinajstić information content (AvgIpc) is 3.09. The van der Waals surface area contributed by atoms with Crippen LogP contribution < -0.4 is 10.5 Å². The fraction of sp³-hybridized carbons (Fsp3) is 0.467. The minimum absolute atomic E-state index is 0. The quantitative estimate of drug-likeness (QED) is 0.938. The lowest BCUT2D eigenvalue weighted by atomic mass is 9.99. The minimum Gasteiger partial charge on any atom is -0.493 e. The molecular weight excluding hydrogens is 290 g/mol. The molecule has 1 fully saturated rings. The molecule has 0 bridgehead atoms. The van der Waals surface area contributed by atoms with Crippen LogP contribution in [0.15, 0.2) is 28.8 Å². The summed E-state index contributed by atoms with van der Waals surface area (Å²) < 4.78 is 11.0. The van der Waals surface area contributed by atoms with Crippen molar-refractivity contribution in [1.82, 2.24) is 10.1 Å². The Morgan fingerprint density at radius 3 is 2.71 bits per heavy atom. The molecule has 1 aliphatic rings. The fourth-order valence-electron chi connectivity index (χ4n) is 2.69. The van der Waals surface area contributed by atoms with Gasteiger partial charge < -0.3 is 15.0 Å². The zero-order chi connectivity index (χ0) is 14.0. The van der Waals surface area contributed by atoms with Gasteiger partial charge in [-0.3, -0.25) is 0 Å². The molecule has 0 aliphatic heterocycles. The maximum absolute atomic E-state index is 6.35. The van der Waals surface area contributed by atoms with Crippen LogP contribution in [-0.2, 0) is 5.54 Å². The van der Waals surface area contributed by atoms with Gasteiger partial charge in [0.05, 0.1) is 17.7 Å². The van der Waals surface area contributed by atoms with E-state index < -0.39 is 5.54 Å². The standard InChI is InChI=1S/C15H19N3O2.ClH/c1-2-19-12-8-4-3-7-11(12)13-17-14(18-20-13)15(16)9-5-6-10-15;/h3-4,7-8H,2,5-6,9-10,16H2,1H3;1H. The summed E-state index contributed by atoms with van der Waals surface area (Å²) in [4.78, 5) is 4.49. The molecule has 5 nitrogen and oxygen atoms in total. The fourth-order valence-corrected chi connectivity index (χ4v) is 2.69. The van der Waals surface area contributed by atoms with Crippen molar-refractivity contribution < 1.29 is 9.26 Å². The number of rotatable bonds is 4. The highest BCUT2D eigenvalue weighted by Gasteiger charge is 2.36. The molecule has 114 valence electrons. The third-order valence-electron chi connectivity index (χ3n) is 3.78. The summed E-state index contributed by atoms with van der Waals surface area (Å²) in [6, 6.07) is 7.67. The van der Waals surface area contributed by atoms with Gasteiger partial charge in [-0.2, -0.15) is 4.98 Å². The Bertz CT molecular complexity index is 594. The number of para-hydroxylation sites is 1. The van der Waals surface area contributed by atoms with E-state index in [1.54, 1.807) is 0 Å². The maximum Gasteiger partial charge on any atom is 0.261 e. The highest BCUT2D eigenvalue weighted by molar-refractivity contribution is 5.85. The lowest BCUT2D eigenvalue weighted by Gasteiger charge is -2.17. The first kappa shape index (κ1) is 15.8. The maximum atomic E-state index is 6.35. The molecule has 2 aromatic rings. The Hall–Kier alpha value is -1.59. The molecule has 1 heterocycles. The Morgan fingerprint density at radius 1 is 1.29 bits per heavy atom. The lowest BCUT2D eigenvalue weighted by Crippen LogP contribution is -2.34. The van der Waals surface area contributed by atoms with Gasteiger partial charge in [0.1, 0.15) is 5.75 Å². The second-order valence-corrected chi connectivity index (χ2v) is 5.22. The lowest BCUT2D eigenvalue weighted by molar-refractivity contribution is 0.338. The number of nitrogens with zero attached hydrogens (tertiary/aromatic N) is 2. The van der Waals surface area contributed by atoms with Gasteiger partial charge >= 0.3 is 0 Å². The van der Waals surface area contributed by atoms with Crippen molar-refractivity contribution in [2.75, 3.05) is 6.61 Å². The van der Waals surface area contributed by atoms with Gasteiger partial charge in [-0.1, -0.05) is 30.1 Å². The van der Waals surface area contributed by atoms with E-state index in [0.29, 0.717) is 18.3 Å². The smallest absolute Gasteiger partial charge is 0.261 e. The first-order chi connectivity index (χ1) is 9.73. The largest absolute Gasteiger partial charge is 0.493 e. The molecule has 0 amide bonds. The van der Waals surface area contributed by atoms with Gasteiger partial charge in [-0.25, -0.2) is 0 Å². The van der Waals surface area contributed by atoms with Crippen molar-refractivity contribution >= 4 is 12.4 Å². The molecule has 1 aliphatic carbocycles. The summed E-state index contributed by atoms with van der Waals surface area (Å²) in [5.74, 6) is 1.83. The van der Waals surface area contributed by atoms with E-state index in [4.69, 9.17) is 15.0 Å². The molecule has 0 saturated heterocycles. The zero-order valence-electron chi connectivity index (χ0n) is 12.0. The predicted octanol–water partition coefficient (Wildman–Crippen LogP) is 3.29. The van der Waals surface area contributed by atoms with Crippen LogP contribution in [0.2, 0.25) is 0 Å². The van der Waals surface area contributed by atoms with E-state index >= 15 is 0 Å². The number of nitrogens with two attached hydrogens (primary N) is 1. The van der Waals surface area contributed by atoms with Crippen LogP contribution in [0.5, 0.6) is 5.75 Å². The highest BCUT2D eigenvalue weighted by Crippen LogP contribution is 2.36. The second kappa shape index (κ2) is 6.45. The average molecular weight is 310 g/mol. The van der Waals surface area contributed by atoms with E-state index in [1.807, 2.05) is 31.2 Å². The molecule has 6 heteroatoms. The number of halogens is 1. The number of hydrogen-bond donors (Lipinski definition) is 1. The molecule has 0 unspecified atom stereocenters. The topological polar surface area (TPSA) is 74.2 Å². The summed E-state index contributed by atoms with van der Waals surface area (Å²) in [5, 5.41) is 4.08. The van der Waals surface area contributed by atoms with Crippen LogP contribution in [0.4, 0.5) is 0 Å². The van der Waals surface area contributed by atoms with Gasteiger partial charge in [0.2, 0.25) is 0 Å². The van der Waals surface area contributed by atoms with Crippen molar-refractivity contribution in [2.24, 2.45) is 5.73 Å². The molecule has 0 spiro atoms. The number of benzene rings is 1. The van der Waals surface area contributed by atoms with E-state index in [1.165, 1.54) is 0 Å². The van der Waals surface area contributed by atoms with Crippen LogP contribution in [0.1, 0.15) is 38.4 Å². The van der Waals surface area contributed by atoms with Crippen molar-refractivity contribution in [2.45, 2.75) is 38.1 Å². The van der Waals surface area contributed by atoms with E-state index in [-0.39, 0.29) is 12.4 Å². The van der Waals surface area contributed by atoms with E-state index in [0.717, 1.165) is 37.0 Å². The van der Waals surface area contributed by atoms with Crippen LogP contribution in [0.3, 0.4) is 0 Å². The predicted molar refractivity (Wildman–Crippen MR) is 82.5 cm³/mol. The van der Waals surface area contributed by atoms with Gasteiger partial charge in [-0.05, 0) is 31.9 Å². The molecule has 0 radical (unpaired) electrons. The van der Waals surface area contributed by atoms with Gasteiger partial charge in [0.25, 0.3) is 5.89 Å². The van der Waals surface area contributed by atoms with E-state index in [9.17, 15) is 0 Å². The number of hydrogen-bond acceptors (Lipinski definition) is 5. The summed E-state index contributed by atoms with van der Waals surface area (Å²) in [7, 11) is 0. The second-order valence-electron chi connectivity index (χ2n) is 5.22. The zero-order valence-corrected chi connectivity index (χ0v) is 12.9. The molecule has 3 rings (SSSR count). The first-order valence-electron chi connectivity index (χ1n) is 7.08. The number of ether oxygens (including phenoxy) is 1. The Kier molecular flexibility index (Phi) is 4.85. The van der Waals surface area contributed by atoms with Gasteiger partial charge in [0.15, 0.2) is 5.82 Å². The SMILES string of the molecule is CCOc1ccccc1-c1nc(C2(N)CCCC2)no1.Cl. The summed E-state index contributed by atoms with van der Waals surface area (Å²) in [5.41, 5.74) is 6.74. The van der Waals surface area contributed by atoms with Crippen molar-refractivity contribution in [3.8, 4) is 17.2 Å². The molecular formula is C15H20ClN3O2. The third kappa shape index (κ3) is 3.04. The monoisotopic (exact) mass is 309 g/mol. The Morgan fingerprint density at radius 2 is 2.00 bits per heavy atom. The molecule has 0 atom stereocenters. The van der Waals surface area contributed by atoms with Gasteiger partial charge in [-0.15, -0.1) is 12.4 Å². The van der Waals surface area contributed by atoms with Crippen LogP contribution in [0, 0.1) is 0 Å². The van der Waals surface area contributed by atoms with Crippen LogP contribution in [-0.4, -0.2) is 16.7 Å². The molecule has 1 aromatic heterocycles. The third-order valence-corrected chi connectivity index (χ3v) is 3.78. The van der Waals surface area contributed by atoms with Crippen molar-refractivity contribution in [3.05, 3.63) is 30.1 Å². The first-order valence-corrected chi connectivity index (χ1v) is 7.08. The summed E-state index contributed by atoms with van der Waals surface area (Å²) in [6.07, 6.45) is 4.07. The Balaban J connectivity index is 0.00000161.